The van der Waals surface area contributed by atoms with Crippen LogP contribution in [0.1, 0.15) is 19.3 Å². The van der Waals surface area contributed by atoms with Crippen LogP contribution in [0.5, 0.6) is 0 Å². The van der Waals surface area contributed by atoms with Gasteiger partial charge in [-0.05, 0) is 25.8 Å². The van der Waals surface area contributed by atoms with Crippen molar-refractivity contribution in [3.8, 4) is 0 Å². The maximum absolute atomic E-state index is 11.8. The monoisotopic (exact) mass is 294 g/mol. The first-order valence-corrected chi connectivity index (χ1v) is 7.27. The zero-order chi connectivity index (χ0) is 12.3. The molecule has 104 valence electrons. The molecule has 1 atom stereocenters. The molecule has 0 unspecified atom stereocenters. The van der Waals surface area contributed by atoms with Crippen LogP contribution >= 0.6 is 12.4 Å². The van der Waals surface area contributed by atoms with E-state index in [9.17, 15) is 8.42 Å². The number of imidazole rings is 1. The lowest BCUT2D eigenvalue weighted by Crippen LogP contribution is -2.30. The molecule has 6 nitrogen and oxygen atoms in total. The van der Waals surface area contributed by atoms with Gasteiger partial charge in [-0.15, -0.1) is 12.4 Å². The van der Waals surface area contributed by atoms with Crippen molar-refractivity contribution in [3.05, 3.63) is 12.5 Å². The Morgan fingerprint density at radius 3 is 2.94 bits per heavy atom. The van der Waals surface area contributed by atoms with E-state index < -0.39 is 10.0 Å². The molecule has 1 aliphatic rings. The number of aryl methyl sites for hydroxylation is 1. The second-order valence-electron chi connectivity index (χ2n) is 4.36. The minimum absolute atomic E-state index is 0. The first kappa shape index (κ1) is 15.4. The highest BCUT2D eigenvalue weighted by molar-refractivity contribution is 7.89. The molecule has 2 rings (SSSR count). The normalized spacial score (nSPS) is 19.7. The zero-order valence-corrected chi connectivity index (χ0v) is 11.9. The maximum atomic E-state index is 11.8. The summed E-state index contributed by atoms with van der Waals surface area (Å²) in [4.78, 5) is 3.83. The molecule has 1 fully saturated rings. The third-order valence-corrected chi connectivity index (χ3v) is 4.25. The molecule has 1 aliphatic heterocycles. The number of halogens is 1. The first-order valence-electron chi connectivity index (χ1n) is 5.79. The van der Waals surface area contributed by atoms with E-state index in [-0.39, 0.29) is 17.4 Å². The number of nitrogens with zero attached hydrogens (tertiary/aromatic N) is 2. The topological polar surface area (TPSA) is 76.0 Å². The summed E-state index contributed by atoms with van der Waals surface area (Å²) < 4.78 is 27.8. The quantitative estimate of drug-likeness (QED) is 0.817. The largest absolute Gasteiger partial charge is 0.339 e. The van der Waals surface area contributed by atoms with Gasteiger partial charge in [0, 0.05) is 25.8 Å². The van der Waals surface area contributed by atoms with Crippen LogP contribution in [0.2, 0.25) is 0 Å². The van der Waals surface area contributed by atoms with Crippen LogP contribution in [0.25, 0.3) is 0 Å². The third kappa shape index (κ3) is 3.94. The van der Waals surface area contributed by atoms with E-state index in [2.05, 4.69) is 15.0 Å². The van der Waals surface area contributed by atoms with E-state index in [0.29, 0.717) is 12.6 Å². The molecule has 0 bridgehead atoms. The Bertz CT molecular complexity index is 468. The van der Waals surface area contributed by atoms with Crippen molar-refractivity contribution in [2.75, 3.05) is 13.1 Å². The molecular formula is C10H19ClN4O2S. The lowest BCUT2D eigenvalue weighted by molar-refractivity contribution is 0.538. The summed E-state index contributed by atoms with van der Waals surface area (Å²) in [5.41, 5.74) is 0. The summed E-state index contributed by atoms with van der Waals surface area (Å²) in [6.45, 7) is 1.49. The van der Waals surface area contributed by atoms with E-state index in [1.54, 1.807) is 11.6 Å². The van der Waals surface area contributed by atoms with Gasteiger partial charge in [0.05, 0.1) is 6.33 Å². The fraction of sp³-hybridized carbons (Fsp3) is 0.700. The van der Waals surface area contributed by atoms with E-state index in [1.807, 2.05) is 0 Å². The predicted molar refractivity (Wildman–Crippen MR) is 71.3 cm³/mol. The summed E-state index contributed by atoms with van der Waals surface area (Å²) in [5.74, 6) is 0. The van der Waals surface area contributed by atoms with Crippen LogP contribution in [0.3, 0.4) is 0 Å². The van der Waals surface area contributed by atoms with Gasteiger partial charge in [0.1, 0.15) is 0 Å². The van der Waals surface area contributed by atoms with Gasteiger partial charge in [-0.2, -0.15) is 0 Å². The van der Waals surface area contributed by atoms with Crippen molar-refractivity contribution >= 4 is 22.4 Å². The van der Waals surface area contributed by atoms with Crippen molar-refractivity contribution < 1.29 is 8.42 Å². The molecule has 0 aromatic carbocycles. The summed E-state index contributed by atoms with van der Waals surface area (Å²) >= 11 is 0. The maximum Gasteiger partial charge on any atom is 0.259 e. The van der Waals surface area contributed by atoms with Gasteiger partial charge >= 0.3 is 0 Å². The van der Waals surface area contributed by atoms with E-state index in [0.717, 1.165) is 19.4 Å². The molecule has 0 saturated carbocycles. The van der Waals surface area contributed by atoms with Gasteiger partial charge in [-0.3, -0.25) is 0 Å². The van der Waals surface area contributed by atoms with Gasteiger partial charge in [0.25, 0.3) is 10.0 Å². The van der Waals surface area contributed by atoms with E-state index in [1.165, 1.54) is 18.9 Å². The number of nitrogens with one attached hydrogen (secondary N) is 2. The van der Waals surface area contributed by atoms with Crippen molar-refractivity contribution in [3.63, 3.8) is 0 Å². The fourth-order valence-corrected chi connectivity index (χ4v) is 3.00. The molecule has 0 spiro atoms. The van der Waals surface area contributed by atoms with Crippen molar-refractivity contribution in [1.29, 1.82) is 0 Å². The number of hydrogen-bond acceptors (Lipinski definition) is 4. The molecule has 8 heteroatoms. The van der Waals surface area contributed by atoms with Crippen LogP contribution in [0.15, 0.2) is 17.6 Å². The Morgan fingerprint density at radius 2 is 2.39 bits per heavy atom. The average Bonchev–Trinajstić information content (AvgIpc) is 2.89. The molecule has 2 N–H and O–H groups in total. The molecular weight excluding hydrogens is 276 g/mol. The Kier molecular flexibility index (Phi) is 5.58. The van der Waals surface area contributed by atoms with Gasteiger partial charge < -0.3 is 9.88 Å². The van der Waals surface area contributed by atoms with Gasteiger partial charge in [0.2, 0.25) is 0 Å². The van der Waals surface area contributed by atoms with E-state index >= 15 is 0 Å². The van der Waals surface area contributed by atoms with Crippen LogP contribution in [0.4, 0.5) is 0 Å². The highest BCUT2D eigenvalue weighted by atomic mass is 35.5. The van der Waals surface area contributed by atoms with Gasteiger partial charge in [-0.1, -0.05) is 0 Å². The summed E-state index contributed by atoms with van der Waals surface area (Å²) in [7, 11) is -1.70. The Balaban J connectivity index is 0.00000162. The molecule has 2 heterocycles. The highest BCUT2D eigenvalue weighted by Gasteiger charge is 2.18. The van der Waals surface area contributed by atoms with Gasteiger partial charge in [0.15, 0.2) is 5.03 Å². The molecule has 1 aromatic heterocycles. The smallest absolute Gasteiger partial charge is 0.259 e. The van der Waals surface area contributed by atoms with Crippen LogP contribution in [-0.2, 0) is 17.1 Å². The van der Waals surface area contributed by atoms with Crippen LogP contribution < -0.4 is 10.0 Å². The Hall–Kier alpha value is -0.630. The SMILES string of the molecule is Cl.Cn1cnc(S(=O)(=O)NCC[C@H]2CCCN2)c1. The summed E-state index contributed by atoms with van der Waals surface area (Å²) in [6, 6.07) is 0.446. The Morgan fingerprint density at radius 1 is 1.61 bits per heavy atom. The highest BCUT2D eigenvalue weighted by Crippen LogP contribution is 2.09. The van der Waals surface area contributed by atoms with Crippen molar-refractivity contribution in [1.82, 2.24) is 19.6 Å². The lowest BCUT2D eigenvalue weighted by Gasteiger charge is -2.10. The number of rotatable bonds is 5. The molecule has 1 saturated heterocycles. The fourth-order valence-electron chi connectivity index (χ4n) is 1.97. The molecule has 18 heavy (non-hydrogen) atoms. The van der Waals surface area contributed by atoms with Crippen molar-refractivity contribution in [2.45, 2.75) is 30.3 Å². The number of sulfonamides is 1. The summed E-state index contributed by atoms with van der Waals surface area (Å²) in [6.07, 6.45) is 6.11. The summed E-state index contributed by atoms with van der Waals surface area (Å²) in [5, 5.41) is 3.41. The lowest BCUT2D eigenvalue weighted by atomic mass is 10.2. The average molecular weight is 295 g/mol. The molecule has 1 aromatic rings. The van der Waals surface area contributed by atoms with Crippen LogP contribution in [0, 0.1) is 0 Å². The Labute approximate surface area is 114 Å². The second-order valence-corrected chi connectivity index (χ2v) is 6.07. The number of aromatic nitrogens is 2. The second kappa shape index (κ2) is 6.51. The minimum Gasteiger partial charge on any atom is -0.339 e. The molecule has 0 amide bonds. The standard InChI is InChI=1S/C10H18N4O2S.ClH/c1-14-7-10(12-8-14)17(15,16)13-6-4-9-3-2-5-11-9;/h7-9,11,13H,2-6H2,1H3;1H/t9-;/m1./s1. The zero-order valence-electron chi connectivity index (χ0n) is 10.3. The molecule has 0 aliphatic carbocycles. The third-order valence-electron chi connectivity index (χ3n) is 2.90. The first-order chi connectivity index (χ1) is 8.08. The van der Waals surface area contributed by atoms with Gasteiger partial charge in [-0.25, -0.2) is 18.1 Å². The van der Waals surface area contributed by atoms with Crippen molar-refractivity contribution in [2.24, 2.45) is 7.05 Å². The number of hydrogen-bond donors (Lipinski definition) is 2. The predicted octanol–water partition coefficient (Wildman–Crippen LogP) is 0.262. The molecule has 0 radical (unpaired) electrons. The van der Waals surface area contributed by atoms with E-state index in [4.69, 9.17) is 0 Å². The van der Waals surface area contributed by atoms with Crippen LogP contribution in [-0.4, -0.2) is 37.1 Å². The minimum atomic E-state index is -3.44.